The molecule has 156 valence electrons. The summed E-state index contributed by atoms with van der Waals surface area (Å²) < 4.78 is 4.98. The third-order valence-electron chi connectivity index (χ3n) is 4.86. The molecule has 29 heavy (non-hydrogen) atoms. The highest BCUT2D eigenvalue weighted by Crippen LogP contribution is 2.37. The van der Waals surface area contributed by atoms with Gasteiger partial charge in [-0.2, -0.15) is 0 Å². The third kappa shape index (κ3) is 5.75. The highest BCUT2D eigenvalue weighted by molar-refractivity contribution is 7.99. The van der Waals surface area contributed by atoms with Gasteiger partial charge in [0.05, 0.1) is 12.7 Å². The zero-order chi connectivity index (χ0) is 20.8. The second kappa shape index (κ2) is 10.5. The van der Waals surface area contributed by atoms with E-state index < -0.39 is 0 Å². The van der Waals surface area contributed by atoms with Crippen molar-refractivity contribution in [3.05, 3.63) is 45.3 Å². The lowest BCUT2D eigenvalue weighted by Gasteiger charge is -2.25. The van der Waals surface area contributed by atoms with Gasteiger partial charge in [-0.05, 0) is 55.0 Å². The van der Waals surface area contributed by atoms with E-state index in [1.54, 1.807) is 11.8 Å². The van der Waals surface area contributed by atoms with E-state index >= 15 is 0 Å². The number of halogens is 1. The van der Waals surface area contributed by atoms with Gasteiger partial charge in [0.2, 0.25) is 5.91 Å². The number of likely N-dealkylation sites (N-methyl/N-ethyl adjacent to an activating group) is 1. The fraction of sp³-hybridized carbons (Fsp3) is 0.429. The number of thioether (sulfide) groups is 1. The molecular formula is C21H25ClN2O3S2. The number of carbonyl (C=O) groups excluding carboxylic acids is 2. The maximum atomic E-state index is 12.5. The number of hydrogen-bond donors (Lipinski definition) is 1. The van der Waals surface area contributed by atoms with Crippen molar-refractivity contribution in [1.29, 1.82) is 0 Å². The van der Waals surface area contributed by atoms with E-state index in [1.165, 1.54) is 18.4 Å². The molecule has 0 radical (unpaired) electrons. The lowest BCUT2D eigenvalue weighted by molar-refractivity contribution is -0.116. The van der Waals surface area contributed by atoms with E-state index in [1.807, 2.05) is 24.3 Å². The molecule has 0 unspecified atom stereocenters. The van der Waals surface area contributed by atoms with Gasteiger partial charge in [0.1, 0.15) is 5.00 Å². The van der Waals surface area contributed by atoms with E-state index in [0.717, 1.165) is 58.6 Å². The molecule has 1 aromatic heterocycles. The molecule has 0 aliphatic carbocycles. The molecule has 2 heterocycles. The van der Waals surface area contributed by atoms with Gasteiger partial charge in [-0.1, -0.05) is 18.5 Å². The number of ether oxygens (including phenoxy) is 1. The van der Waals surface area contributed by atoms with Crippen molar-refractivity contribution in [2.75, 3.05) is 31.3 Å². The number of fused-ring (bicyclic) bond motifs is 1. The molecule has 2 aromatic rings. The number of thiophene rings is 1. The van der Waals surface area contributed by atoms with Crippen LogP contribution in [0.2, 0.25) is 5.02 Å². The topological polar surface area (TPSA) is 58.6 Å². The fourth-order valence-electron chi connectivity index (χ4n) is 3.28. The van der Waals surface area contributed by atoms with E-state index in [2.05, 4.69) is 17.1 Å². The molecule has 1 aliphatic rings. The minimum Gasteiger partial charge on any atom is -0.465 e. The average molecular weight is 453 g/mol. The highest BCUT2D eigenvalue weighted by Gasteiger charge is 2.28. The summed E-state index contributed by atoms with van der Waals surface area (Å²) in [6.07, 6.45) is 1.96. The first kappa shape index (κ1) is 22.2. The molecule has 0 saturated heterocycles. The summed E-state index contributed by atoms with van der Waals surface area (Å²) in [6.45, 7) is 4.83. The number of nitrogens with one attached hydrogen (secondary N) is 1. The Morgan fingerprint density at radius 1 is 1.31 bits per heavy atom. The van der Waals surface area contributed by atoms with Gasteiger partial charge in [-0.25, -0.2) is 4.79 Å². The number of rotatable bonds is 8. The zero-order valence-corrected chi connectivity index (χ0v) is 19.0. The molecule has 1 N–H and O–H groups in total. The Balaban J connectivity index is 1.58. The summed E-state index contributed by atoms with van der Waals surface area (Å²) in [4.78, 5) is 29.4. The second-order valence-electron chi connectivity index (χ2n) is 6.77. The summed E-state index contributed by atoms with van der Waals surface area (Å²) in [6, 6.07) is 7.68. The van der Waals surface area contributed by atoms with Crippen LogP contribution in [0.25, 0.3) is 0 Å². The van der Waals surface area contributed by atoms with Crippen LogP contribution in [0.4, 0.5) is 5.00 Å². The van der Waals surface area contributed by atoms with Gasteiger partial charge in [0.25, 0.3) is 0 Å². The Morgan fingerprint density at radius 2 is 2.07 bits per heavy atom. The first-order chi connectivity index (χ1) is 14.0. The minimum atomic E-state index is -0.374. The molecule has 8 heteroatoms. The standard InChI is InChI=1S/C21H25ClN2O3S2/c1-3-24-11-10-16-17(13-24)29-20(19(16)21(26)27-2)23-18(25)5-4-12-28-15-8-6-14(22)7-9-15/h6-9H,3-5,10-13H2,1-2H3,(H,23,25). The Kier molecular flexibility index (Phi) is 8.00. The number of esters is 1. The zero-order valence-electron chi connectivity index (χ0n) is 16.6. The van der Waals surface area contributed by atoms with Crippen LogP contribution in [0.15, 0.2) is 29.2 Å². The number of methoxy groups -OCH3 is 1. The molecule has 0 saturated carbocycles. The van der Waals surface area contributed by atoms with Crippen molar-refractivity contribution >= 4 is 51.6 Å². The van der Waals surface area contributed by atoms with Crippen LogP contribution in [0.1, 0.15) is 40.6 Å². The molecule has 5 nitrogen and oxygen atoms in total. The summed E-state index contributed by atoms with van der Waals surface area (Å²) >= 11 is 9.09. The molecular weight excluding hydrogens is 428 g/mol. The predicted octanol–water partition coefficient (Wildman–Crippen LogP) is 5.08. The summed E-state index contributed by atoms with van der Waals surface area (Å²) in [5.74, 6) is 0.393. The molecule has 0 fully saturated rings. The van der Waals surface area contributed by atoms with E-state index in [-0.39, 0.29) is 11.9 Å². The second-order valence-corrected chi connectivity index (χ2v) is 9.48. The average Bonchev–Trinajstić information content (AvgIpc) is 3.08. The Hall–Kier alpha value is -1.54. The van der Waals surface area contributed by atoms with E-state index in [9.17, 15) is 9.59 Å². The van der Waals surface area contributed by atoms with Crippen LogP contribution in [-0.4, -0.2) is 42.7 Å². The van der Waals surface area contributed by atoms with Crippen LogP contribution in [0.3, 0.4) is 0 Å². The number of carbonyl (C=O) groups is 2. The number of nitrogens with zero attached hydrogens (tertiary/aromatic N) is 1. The maximum Gasteiger partial charge on any atom is 0.341 e. The monoisotopic (exact) mass is 452 g/mol. The van der Waals surface area contributed by atoms with Gasteiger partial charge >= 0.3 is 5.97 Å². The van der Waals surface area contributed by atoms with Crippen molar-refractivity contribution in [2.24, 2.45) is 0 Å². The SMILES string of the molecule is CCN1CCc2c(sc(NC(=O)CCCSc3ccc(Cl)cc3)c2C(=O)OC)C1. The molecule has 1 amide bonds. The van der Waals surface area contributed by atoms with Crippen LogP contribution in [0, 0.1) is 0 Å². The lowest BCUT2D eigenvalue weighted by atomic mass is 10.0. The van der Waals surface area contributed by atoms with Gasteiger partial charge in [0.15, 0.2) is 0 Å². The first-order valence-corrected chi connectivity index (χ1v) is 11.8. The normalized spacial score (nSPS) is 13.8. The molecule has 0 bridgehead atoms. The number of anilines is 1. The molecule has 0 atom stereocenters. The smallest absolute Gasteiger partial charge is 0.341 e. The number of hydrogen-bond acceptors (Lipinski definition) is 6. The Morgan fingerprint density at radius 3 is 2.76 bits per heavy atom. The molecule has 0 spiro atoms. The van der Waals surface area contributed by atoms with Gasteiger partial charge in [0, 0.05) is 34.3 Å². The van der Waals surface area contributed by atoms with Gasteiger partial charge in [-0.3, -0.25) is 9.69 Å². The van der Waals surface area contributed by atoms with Crippen molar-refractivity contribution in [3.8, 4) is 0 Å². The number of benzene rings is 1. The fourth-order valence-corrected chi connectivity index (χ4v) is 5.55. The van der Waals surface area contributed by atoms with E-state index in [4.69, 9.17) is 16.3 Å². The largest absolute Gasteiger partial charge is 0.465 e. The molecule has 3 rings (SSSR count). The van der Waals surface area contributed by atoms with Gasteiger partial charge < -0.3 is 10.1 Å². The van der Waals surface area contributed by atoms with Crippen molar-refractivity contribution in [3.63, 3.8) is 0 Å². The van der Waals surface area contributed by atoms with Crippen molar-refractivity contribution in [2.45, 2.75) is 37.6 Å². The van der Waals surface area contributed by atoms with Crippen LogP contribution >= 0.6 is 34.7 Å². The Bertz CT molecular complexity index is 868. The Labute approximate surface area is 184 Å². The van der Waals surface area contributed by atoms with Crippen LogP contribution in [0.5, 0.6) is 0 Å². The summed E-state index contributed by atoms with van der Waals surface area (Å²) in [5, 5.41) is 4.29. The lowest BCUT2D eigenvalue weighted by Crippen LogP contribution is -2.29. The molecule has 1 aliphatic heterocycles. The quantitative estimate of drug-likeness (QED) is 0.344. The van der Waals surface area contributed by atoms with Crippen LogP contribution < -0.4 is 5.32 Å². The van der Waals surface area contributed by atoms with Crippen molar-refractivity contribution < 1.29 is 14.3 Å². The summed E-state index contributed by atoms with van der Waals surface area (Å²) in [5.41, 5.74) is 1.56. The van der Waals surface area contributed by atoms with Crippen molar-refractivity contribution in [1.82, 2.24) is 4.90 Å². The number of amides is 1. The van der Waals surface area contributed by atoms with Gasteiger partial charge in [-0.15, -0.1) is 23.1 Å². The van der Waals surface area contributed by atoms with E-state index in [0.29, 0.717) is 17.0 Å². The molecule has 1 aromatic carbocycles. The minimum absolute atomic E-state index is 0.0715. The predicted molar refractivity (Wildman–Crippen MR) is 120 cm³/mol. The third-order valence-corrected chi connectivity index (χ3v) is 7.34. The summed E-state index contributed by atoms with van der Waals surface area (Å²) in [7, 11) is 1.38. The van der Waals surface area contributed by atoms with Crippen LogP contribution in [-0.2, 0) is 22.5 Å². The maximum absolute atomic E-state index is 12.5. The first-order valence-electron chi connectivity index (χ1n) is 9.65. The highest BCUT2D eigenvalue weighted by atomic mass is 35.5.